The Morgan fingerprint density at radius 1 is 1.38 bits per heavy atom. The van der Waals surface area contributed by atoms with E-state index in [4.69, 9.17) is 5.26 Å². The van der Waals surface area contributed by atoms with Gasteiger partial charge in [-0.15, -0.1) is 0 Å². The Bertz CT molecular complexity index is 827. The maximum absolute atomic E-state index is 13.4. The molecule has 0 aliphatic carbocycles. The van der Waals surface area contributed by atoms with Crippen LogP contribution in [0, 0.1) is 11.3 Å². The van der Waals surface area contributed by atoms with Crippen LogP contribution in [0.2, 0.25) is 0 Å². The monoisotopic (exact) mass is 326 g/mol. The summed E-state index contributed by atoms with van der Waals surface area (Å²) in [6, 6.07) is 9.91. The Hall–Kier alpha value is -3.01. The van der Waals surface area contributed by atoms with Crippen LogP contribution in [0.25, 0.3) is 10.9 Å². The van der Waals surface area contributed by atoms with Gasteiger partial charge in [0.15, 0.2) is 0 Å². The molecular weight excluding hydrogens is 311 g/mol. The number of aromatic nitrogens is 1. The minimum atomic E-state index is -1.20. The zero-order valence-corrected chi connectivity index (χ0v) is 12.8. The van der Waals surface area contributed by atoms with Gasteiger partial charge in [0.1, 0.15) is 12.2 Å². The number of likely N-dealkylation sites (tertiary alicyclic amines) is 1. The van der Waals surface area contributed by atoms with Gasteiger partial charge in [-0.1, -0.05) is 18.2 Å². The van der Waals surface area contributed by atoms with Gasteiger partial charge in [0, 0.05) is 18.0 Å². The van der Waals surface area contributed by atoms with E-state index in [1.807, 2.05) is 12.1 Å². The zero-order valence-electron chi connectivity index (χ0n) is 12.8. The van der Waals surface area contributed by atoms with E-state index in [0.29, 0.717) is 16.5 Å². The van der Waals surface area contributed by atoms with Gasteiger partial charge < -0.3 is 10.2 Å². The van der Waals surface area contributed by atoms with Crippen molar-refractivity contribution in [2.75, 3.05) is 13.1 Å². The number of nitrogens with zero attached hydrogens (tertiary/aromatic N) is 3. The summed E-state index contributed by atoms with van der Waals surface area (Å²) in [6.45, 7) is -0.383. The van der Waals surface area contributed by atoms with Gasteiger partial charge in [0.2, 0.25) is 5.91 Å². The number of alkyl halides is 1. The molecule has 0 saturated carbocycles. The van der Waals surface area contributed by atoms with Crippen molar-refractivity contribution in [1.29, 1.82) is 5.26 Å². The van der Waals surface area contributed by atoms with E-state index in [2.05, 4.69) is 10.3 Å². The maximum atomic E-state index is 13.4. The Balaban J connectivity index is 1.69. The van der Waals surface area contributed by atoms with Crippen molar-refractivity contribution in [2.45, 2.75) is 18.6 Å². The minimum Gasteiger partial charge on any atom is -0.343 e. The second-order valence-corrected chi connectivity index (χ2v) is 5.58. The molecule has 7 heteroatoms. The lowest BCUT2D eigenvalue weighted by Crippen LogP contribution is -2.42. The van der Waals surface area contributed by atoms with Gasteiger partial charge in [-0.25, -0.2) is 4.39 Å². The van der Waals surface area contributed by atoms with Gasteiger partial charge in [-0.05, 0) is 12.1 Å². The predicted octanol–water partition coefficient (Wildman–Crippen LogP) is 1.43. The number of nitriles is 1. The molecule has 1 aromatic carbocycles. The number of amides is 2. The summed E-state index contributed by atoms with van der Waals surface area (Å²) in [6.07, 6.45) is 0.350. The number of nitrogens with one attached hydrogen (secondary N) is 1. The van der Waals surface area contributed by atoms with E-state index in [1.165, 1.54) is 11.1 Å². The second kappa shape index (κ2) is 6.62. The number of hydrogen-bond acceptors (Lipinski definition) is 4. The number of carbonyl (C=O) groups excluding carboxylic acids is 2. The summed E-state index contributed by atoms with van der Waals surface area (Å²) in [5.41, 5.74) is 1.09. The highest BCUT2D eigenvalue weighted by Gasteiger charge is 2.35. The average Bonchev–Trinajstić information content (AvgIpc) is 3.00. The number of para-hydroxylation sites is 1. The van der Waals surface area contributed by atoms with Crippen LogP contribution in [0.3, 0.4) is 0 Å². The molecule has 0 bridgehead atoms. The largest absolute Gasteiger partial charge is 0.343 e. The molecule has 2 heterocycles. The molecule has 1 N–H and O–H groups in total. The van der Waals surface area contributed by atoms with Crippen LogP contribution < -0.4 is 5.32 Å². The van der Waals surface area contributed by atoms with Crippen LogP contribution in [0.5, 0.6) is 0 Å². The van der Waals surface area contributed by atoms with E-state index in [0.717, 1.165) is 0 Å². The Morgan fingerprint density at radius 2 is 2.17 bits per heavy atom. The van der Waals surface area contributed by atoms with Gasteiger partial charge in [0.25, 0.3) is 5.91 Å². The first-order chi connectivity index (χ1) is 11.6. The highest BCUT2D eigenvalue weighted by Crippen LogP contribution is 2.20. The second-order valence-electron chi connectivity index (χ2n) is 5.58. The lowest BCUT2D eigenvalue weighted by molar-refractivity contribution is -0.130. The standard InChI is InChI=1S/C17H15FN4O2/c18-11-7-12(8-19)22(10-11)16(23)9-21-17(24)14-5-6-20-15-4-2-1-3-13(14)15/h1-6,11-12H,7,9-10H2,(H,21,24)/t11?,12-/m0/s1. The van der Waals surface area contributed by atoms with Crippen molar-refractivity contribution >= 4 is 22.7 Å². The molecule has 24 heavy (non-hydrogen) atoms. The molecule has 2 atom stereocenters. The van der Waals surface area contributed by atoms with Crippen LogP contribution >= 0.6 is 0 Å². The summed E-state index contributed by atoms with van der Waals surface area (Å²) in [5, 5.41) is 12.2. The molecule has 1 unspecified atom stereocenters. The Morgan fingerprint density at radius 3 is 2.96 bits per heavy atom. The van der Waals surface area contributed by atoms with Gasteiger partial charge in [-0.2, -0.15) is 5.26 Å². The van der Waals surface area contributed by atoms with Crippen molar-refractivity contribution in [3.63, 3.8) is 0 Å². The third-order valence-electron chi connectivity index (χ3n) is 4.01. The highest BCUT2D eigenvalue weighted by atomic mass is 19.1. The highest BCUT2D eigenvalue weighted by molar-refractivity contribution is 6.06. The first-order valence-corrected chi connectivity index (χ1v) is 7.55. The number of rotatable bonds is 3. The van der Waals surface area contributed by atoms with Crippen molar-refractivity contribution in [3.8, 4) is 6.07 Å². The van der Waals surface area contributed by atoms with Crippen molar-refractivity contribution in [2.24, 2.45) is 0 Å². The van der Waals surface area contributed by atoms with E-state index in [1.54, 1.807) is 24.3 Å². The quantitative estimate of drug-likeness (QED) is 0.924. The number of hydrogen-bond donors (Lipinski definition) is 1. The van der Waals surface area contributed by atoms with Crippen LogP contribution in [-0.2, 0) is 4.79 Å². The van der Waals surface area contributed by atoms with Crippen molar-refractivity contribution in [1.82, 2.24) is 15.2 Å². The van der Waals surface area contributed by atoms with Crippen LogP contribution in [0.1, 0.15) is 16.8 Å². The van der Waals surface area contributed by atoms with Crippen LogP contribution in [0.4, 0.5) is 4.39 Å². The number of pyridine rings is 1. The molecule has 1 fully saturated rings. The molecule has 2 amide bonds. The fraction of sp³-hybridized carbons (Fsp3) is 0.294. The number of benzene rings is 1. The summed E-state index contributed by atoms with van der Waals surface area (Å²) in [5.74, 6) is -0.875. The molecule has 1 aliphatic heterocycles. The number of carbonyl (C=O) groups is 2. The zero-order chi connectivity index (χ0) is 17.1. The normalized spacial score (nSPS) is 19.9. The first-order valence-electron chi connectivity index (χ1n) is 7.55. The summed E-state index contributed by atoms with van der Waals surface area (Å²) in [4.78, 5) is 29.8. The molecule has 0 radical (unpaired) electrons. The first kappa shape index (κ1) is 15.9. The minimum absolute atomic E-state index is 0.0190. The van der Waals surface area contributed by atoms with Crippen LogP contribution in [0.15, 0.2) is 36.5 Å². The van der Waals surface area contributed by atoms with E-state index in [-0.39, 0.29) is 19.5 Å². The molecule has 3 rings (SSSR count). The summed E-state index contributed by atoms with van der Waals surface area (Å²) < 4.78 is 13.4. The molecule has 2 aromatic rings. The van der Waals surface area contributed by atoms with Crippen molar-refractivity contribution < 1.29 is 14.0 Å². The van der Waals surface area contributed by atoms with E-state index < -0.39 is 24.0 Å². The number of fused-ring (bicyclic) bond motifs is 1. The fourth-order valence-corrected chi connectivity index (χ4v) is 2.83. The lowest BCUT2D eigenvalue weighted by Gasteiger charge is -2.19. The molecular formula is C17H15FN4O2. The average molecular weight is 326 g/mol. The SMILES string of the molecule is N#C[C@@H]1CC(F)CN1C(=O)CNC(=O)c1ccnc2ccccc12. The van der Waals surface area contributed by atoms with E-state index >= 15 is 0 Å². The third-order valence-corrected chi connectivity index (χ3v) is 4.01. The summed E-state index contributed by atoms with van der Waals surface area (Å²) >= 11 is 0. The van der Waals surface area contributed by atoms with Gasteiger partial charge >= 0.3 is 0 Å². The summed E-state index contributed by atoms with van der Waals surface area (Å²) in [7, 11) is 0. The Labute approximate surface area is 137 Å². The van der Waals surface area contributed by atoms with E-state index in [9.17, 15) is 14.0 Å². The Kier molecular flexibility index (Phi) is 4.38. The topological polar surface area (TPSA) is 86.1 Å². The van der Waals surface area contributed by atoms with Crippen LogP contribution in [-0.4, -0.2) is 47.0 Å². The lowest BCUT2D eigenvalue weighted by atomic mass is 10.1. The smallest absolute Gasteiger partial charge is 0.252 e. The van der Waals surface area contributed by atoms with Gasteiger partial charge in [0.05, 0.1) is 30.2 Å². The molecule has 1 aromatic heterocycles. The molecule has 0 spiro atoms. The molecule has 122 valence electrons. The fourth-order valence-electron chi connectivity index (χ4n) is 2.83. The third kappa shape index (κ3) is 3.04. The van der Waals surface area contributed by atoms with Crippen molar-refractivity contribution in [3.05, 3.63) is 42.1 Å². The predicted molar refractivity (Wildman–Crippen MR) is 84.7 cm³/mol. The molecule has 1 saturated heterocycles. The maximum Gasteiger partial charge on any atom is 0.252 e. The molecule has 6 nitrogen and oxygen atoms in total. The molecule has 1 aliphatic rings. The van der Waals surface area contributed by atoms with Gasteiger partial charge in [-0.3, -0.25) is 14.6 Å². The number of halogens is 1.